The Bertz CT molecular complexity index is 687. The van der Waals surface area contributed by atoms with Crippen molar-refractivity contribution in [3.63, 3.8) is 0 Å². The van der Waals surface area contributed by atoms with E-state index in [-0.39, 0.29) is 23.5 Å². The number of anilines is 1. The Balaban J connectivity index is 1.44. The Morgan fingerprint density at radius 2 is 2.12 bits per heavy atom. The fourth-order valence-electron chi connectivity index (χ4n) is 2.98. The van der Waals surface area contributed by atoms with Crippen LogP contribution in [0.1, 0.15) is 16.8 Å². The molecule has 0 aromatic carbocycles. The number of nitrogens with one attached hydrogen (secondary N) is 2. The van der Waals surface area contributed by atoms with Crippen molar-refractivity contribution in [2.75, 3.05) is 56.2 Å². The molecule has 0 radical (unpaired) electrons. The number of sulfone groups is 1. The van der Waals surface area contributed by atoms with Crippen molar-refractivity contribution in [2.24, 2.45) is 0 Å². The zero-order valence-corrected chi connectivity index (χ0v) is 14.9. The number of rotatable bonds is 6. The Labute approximate surface area is 147 Å². The van der Waals surface area contributed by atoms with E-state index in [4.69, 9.17) is 4.74 Å². The van der Waals surface area contributed by atoms with Gasteiger partial charge in [0.1, 0.15) is 5.82 Å². The number of pyridine rings is 1. The summed E-state index contributed by atoms with van der Waals surface area (Å²) < 4.78 is 28.2. The lowest BCUT2D eigenvalue weighted by Crippen LogP contribution is -2.39. The summed E-state index contributed by atoms with van der Waals surface area (Å²) in [5, 5.41) is 6.00. The zero-order chi connectivity index (χ0) is 17.7. The van der Waals surface area contributed by atoms with Crippen LogP contribution in [0.4, 0.5) is 5.82 Å². The number of nitrogens with zero attached hydrogens (tertiary/aromatic N) is 2. The molecule has 0 saturated carbocycles. The van der Waals surface area contributed by atoms with Crippen LogP contribution in [0.25, 0.3) is 0 Å². The predicted molar refractivity (Wildman–Crippen MR) is 94.5 cm³/mol. The van der Waals surface area contributed by atoms with Gasteiger partial charge in [0, 0.05) is 38.4 Å². The molecule has 0 spiro atoms. The molecule has 1 aromatic heterocycles. The topological polar surface area (TPSA) is 101 Å². The van der Waals surface area contributed by atoms with Crippen LogP contribution < -0.4 is 10.6 Å². The number of morpholine rings is 1. The molecule has 2 saturated heterocycles. The number of carbonyl (C=O) groups is 1. The standard InChI is InChI=1S/C16H24N4O4S/c21-16(19-14-3-10-25(22,23)12-14)13-1-2-15(18-11-13)17-4-5-20-6-8-24-9-7-20/h1-2,11,14H,3-10,12H2,(H,17,18)(H,19,21). The smallest absolute Gasteiger partial charge is 0.253 e. The van der Waals surface area contributed by atoms with Crippen LogP contribution >= 0.6 is 0 Å². The SMILES string of the molecule is O=C(NC1CCS(=O)(=O)C1)c1ccc(NCCN2CCOCC2)nc1. The maximum Gasteiger partial charge on any atom is 0.253 e. The lowest BCUT2D eigenvalue weighted by atomic mass is 10.2. The third-order valence-electron chi connectivity index (χ3n) is 4.43. The van der Waals surface area contributed by atoms with Crippen molar-refractivity contribution in [3.05, 3.63) is 23.9 Å². The Morgan fingerprint density at radius 1 is 1.32 bits per heavy atom. The van der Waals surface area contributed by atoms with Crippen LogP contribution in [-0.4, -0.2) is 81.1 Å². The van der Waals surface area contributed by atoms with Gasteiger partial charge in [-0.2, -0.15) is 0 Å². The minimum absolute atomic E-state index is 0.0212. The quantitative estimate of drug-likeness (QED) is 0.714. The largest absolute Gasteiger partial charge is 0.379 e. The summed E-state index contributed by atoms with van der Waals surface area (Å²) in [5.41, 5.74) is 0.433. The molecule has 2 aliphatic heterocycles. The summed E-state index contributed by atoms with van der Waals surface area (Å²) in [6.07, 6.45) is 1.98. The highest BCUT2D eigenvalue weighted by Crippen LogP contribution is 2.12. The Morgan fingerprint density at radius 3 is 2.76 bits per heavy atom. The lowest BCUT2D eigenvalue weighted by molar-refractivity contribution is 0.0398. The molecule has 2 N–H and O–H groups in total. The number of amides is 1. The van der Waals surface area contributed by atoms with E-state index in [0.29, 0.717) is 17.8 Å². The second kappa shape index (κ2) is 8.11. The number of aromatic nitrogens is 1. The monoisotopic (exact) mass is 368 g/mol. The summed E-state index contributed by atoms with van der Waals surface area (Å²) >= 11 is 0. The minimum Gasteiger partial charge on any atom is -0.379 e. The number of hydrogen-bond acceptors (Lipinski definition) is 7. The second-order valence-electron chi connectivity index (χ2n) is 6.39. The molecule has 9 heteroatoms. The van der Waals surface area contributed by atoms with Crippen molar-refractivity contribution in [3.8, 4) is 0 Å². The molecule has 1 amide bonds. The minimum atomic E-state index is -3.00. The van der Waals surface area contributed by atoms with Gasteiger partial charge in [-0.3, -0.25) is 9.69 Å². The van der Waals surface area contributed by atoms with Crippen LogP contribution in [-0.2, 0) is 14.6 Å². The van der Waals surface area contributed by atoms with Crippen LogP contribution in [0.15, 0.2) is 18.3 Å². The summed E-state index contributed by atoms with van der Waals surface area (Å²) in [6.45, 7) is 5.16. The van der Waals surface area contributed by atoms with E-state index < -0.39 is 9.84 Å². The molecule has 3 rings (SSSR count). The van der Waals surface area contributed by atoms with Gasteiger partial charge in [-0.15, -0.1) is 0 Å². The van der Waals surface area contributed by atoms with Gasteiger partial charge in [0.25, 0.3) is 5.91 Å². The predicted octanol–water partition coefficient (Wildman–Crippen LogP) is -0.257. The van der Waals surface area contributed by atoms with Crippen LogP contribution in [0.3, 0.4) is 0 Å². The molecule has 1 atom stereocenters. The molecule has 0 bridgehead atoms. The first-order valence-corrected chi connectivity index (χ1v) is 10.4. The molecule has 25 heavy (non-hydrogen) atoms. The molecule has 138 valence electrons. The third kappa shape index (κ3) is 5.38. The van der Waals surface area contributed by atoms with Gasteiger partial charge in [-0.1, -0.05) is 0 Å². The molecule has 3 heterocycles. The summed E-state index contributed by atoms with van der Waals surface area (Å²) in [4.78, 5) is 18.7. The molecular formula is C16H24N4O4S. The third-order valence-corrected chi connectivity index (χ3v) is 6.20. The van der Waals surface area contributed by atoms with Crippen LogP contribution in [0.5, 0.6) is 0 Å². The molecule has 2 aliphatic rings. The van der Waals surface area contributed by atoms with E-state index in [0.717, 1.165) is 39.4 Å². The van der Waals surface area contributed by atoms with Crippen LogP contribution in [0.2, 0.25) is 0 Å². The first-order chi connectivity index (χ1) is 12.0. The van der Waals surface area contributed by atoms with Crippen molar-refractivity contribution in [2.45, 2.75) is 12.5 Å². The van der Waals surface area contributed by atoms with Gasteiger partial charge in [0.15, 0.2) is 9.84 Å². The van der Waals surface area contributed by atoms with Gasteiger partial charge in [0.2, 0.25) is 0 Å². The average molecular weight is 368 g/mol. The number of ether oxygens (including phenoxy) is 1. The highest BCUT2D eigenvalue weighted by Gasteiger charge is 2.29. The Kier molecular flexibility index (Phi) is 5.87. The van der Waals surface area contributed by atoms with Gasteiger partial charge in [-0.05, 0) is 18.6 Å². The second-order valence-corrected chi connectivity index (χ2v) is 8.62. The molecule has 1 unspecified atom stereocenters. The van der Waals surface area contributed by atoms with E-state index in [1.807, 2.05) is 0 Å². The summed E-state index contributed by atoms with van der Waals surface area (Å²) in [5.74, 6) is 0.595. The number of carbonyl (C=O) groups excluding carboxylic acids is 1. The van der Waals surface area contributed by atoms with E-state index in [1.54, 1.807) is 12.1 Å². The van der Waals surface area contributed by atoms with Crippen LogP contribution in [0, 0.1) is 0 Å². The maximum absolute atomic E-state index is 12.2. The molecule has 8 nitrogen and oxygen atoms in total. The van der Waals surface area contributed by atoms with Gasteiger partial charge >= 0.3 is 0 Å². The molecule has 0 aliphatic carbocycles. The van der Waals surface area contributed by atoms with Gasteiger partial charge in [0.05, 0.1) is 30.3 Å². The van der Waals surface area contributed by atoms with Gasteiger partial charge < -0.3 is 15.4 Å². The highest BCUT2D eigenvalue weighted by atomic mass is 32.2. The summed E-state index contributed by atoms with van der Waals surface area (Å²) in [7, 11) is -3.00. The van der Waals surface area contributed by atoms with E-state index in [9.17, 15) is 13.2 Å². The molecule has 2 fully saturated rings. The van der Waals surface area contributed by atoms with Crippen molar-refractivity contribution >= 4 is 21.6 Å². The Hall–Kier alpha value is -1.71. The van der Waals surface area contributed by atoms with E-state index in [2.05, 4.69) is 20.5 Å². The van der Waals surface area contributed by atoms with Crippen molar-refractivity contribution in [1.82, 2.24) is 15.2 Å². The first kappa shape index (κ1) is 18.1. The van der Waals surface area contributed by atoms with Crippen molar-refractivity contribution in [1.29, 1.82) is 0 Å². The highest BCUT2D eigenvalue weighted by molar-refractivity contribution is 7.91. The molecule has 1 aromatic rings. The lowest BCUT2D eigenvalue weighted by Gasteiger charge is -2.26. The first-order valence-electron chi connectivity index (χ1n) is 8.53. The van der Waals surface area contributed by atoms with E-state index in [1.165, 1.54) is 6.20 Å². The fourth-order valence-corrected chi connectivity index (χ4v) is 4.65. The maximum atomic E-state index is 12.2. The number of hydrogen-bond donors (Lipinski definition) is 2. The molecular weight excluding hydrogens is 344 g/mol. The average Bonchev–Trinajstić information content (AvgIpc) is 2.95. The van der Waals surface area contributed by atoms with Gasteiger partial charge in [-0.25, -0.2) is 13.4 Å². The van der Waals surface area contributed by atoms with E-state index >= 15 is 0 Å². The zero-order valence-electron chi connectivity index (χ0n) is 14.1. The summed E-state index contributed by atoms with van der Waals surface area (Å²) in [6, 6.07) is 3.16. The van der Waals surface area contributed by atoms with Crippen molar-refractivity contribution < 1.29 is 17.9 Å². The normalized spacial score (nSPS) is 23.3. The fraction of sp³-hybridized carbons (Fsp3) is 0.625.